The summed E-state index contributed by atoms with van der Waals surface area (Å²) in [5.74, 6) is 3.39. The molecule has 0 bridgehead atoms. The summed E-state index contributed by atoms with van der Waals surface area (Å²) in [7, 11) is 1.88. The summed E-state index contributed by atoms with van der Waals surface area (Å²) < 4.78 is 2.35. The summed E-state index contributed by atoms with van der Waals surface area (Å²) in [6, 6.07) is 0. The molecule has 2 aliphatic heterocycles. The van der Waals surface area contributed by atoms with Gasteiger partial charge in [0.05, 0.1) is 0 Å². The molecule has 0 radical (unpaired) electrons. The maximum absolute atomic E-state index is 4.45. The molecule has 1 N–H and O–H groups in total. The number of rotatable bonds is 4. The van der Waals surface area contributed by atoms with Crippen LogP contribution < -0.4 is 5.32 Å². The number of hydrogen-bond acceptors (Lipinski definition) is 3. The van der Waals surface area contributed by atoms with Gasteiger partial charge in [0.2, 0.25) is 0 Å². The molecular formula is C18H32N6. The van der Waals surface area contributed by atoms with Gasteiger partial charge in [0.1, 0.15) is 11.6 Å². The number of nitrogens with one attached hydrogen (secondary N) is 1. The summed E-state index contributed by atoms with van der Waals surface area (Å²) >= 11 is 0. The zero-order valence-electron chi connectivity index (χ0n) is 15.5. The fourth-order valence-corrected chi connectivity index (χ4v) is 3.80. The van der Waals surface area contributed by atoms with E-state index in [9.17, 15) is 0 Å². The third kappa shape index (κ3) is 4.08. The molecule has 3 rings (SSSR count). The van der Waals surface area contributed by atoms with E-state index in [-0.39, 0.29) is 0 Å². The van der Waals surface area contributed by atoms with E-state index in [2.05, 4.69) is 43.8 Å². The molecule has 3 heterocycles. The first-order valence-electron chi connectivity index (χ1n) is 9.46. The predicted molar refractivity (Wildman–Crippen MR) is 97.2 cm³/mol. The first-order chi connectivity index (χ1) is 11.6. The number of nitrogens with zero attached hydrogens (tertiary/aromatic N) is 5. The van der Waals surface area contributed by atoms with Crippen LogP contribution in [-0.4, -0.2) is 52.3 Å². The average molecular weight is 332 g/mol. The van der Waals surface area contributed by atoms with Crippen LogP contribution in [0.2, 0.25) is 0 Å². The van der Waals surface area contributed by atoms with E-state index in [1.165, 1.54) is 31.5 Å². The molecular weight excluding hydrogens is 300 g/mol. The molecule has 1 aromatic heterocycles. The van der Waals surface area contributed by atoms with Crippen molar-refractivity contribution in [2.75, 3.05) is 26.7 Å². The second kappa shape index (κ2) is 7.53. The molecule has 1 aromatic rings. The van der Waals surface area contributed by atoms with Gasteiger partial charge < -0.3 is 14.8 Å². The van der Waals surface area contributed by atoms with Gasteiger partial charge >= 0.3 is 0 Å². The smallest absolute Gasteiger partial charge is 0.193 e. The van der Waals surface area contributed by atoms with Crippen molar-refractivity contribution in [3.05, 3.63) is 11.6 Å². The lowest BCUT2D eigenvalue weighted by Crippen LogP contribution is -2.41. The number of aliphatic imine (C=N–C) groups is 1. The van der Waals surface area contributed by atoms with Crippen molar-refractivity contribution in [1.82, 2.24) is 25.0 Å². The average Bonchev–Trinajstić information content (AvgIpc) is 3.01. The van der Waals surface area contributed by atoms with E-state index >= 15 is 0 Å². The molecule has 0 spiro atoms. The lowest BCUT2D eigenvalue weighted by atomic mass is 9.93. The van der Waals surface area contributed by atoms with Crippen molar-refractivity contribution in [2.24, 2.45) is 10.4 Å². The van der Waals surface area contributed by atoms with Crippen molar-refractivity contribution in [2.45, 2.75) is 65.3 Å². The second-order valence-corrected chi connectivity index (χ2v) is 7.91. The van der Waals surface area contributed by atoms with Gasteiger partial charge in [-0.05, 0) is 31.1 Å². The van der Waals surface area contributed by atoms with Gasteiger partial charge in [-0.2, -0.15) is 0 Å². The van der Waals surface area contributed by atoms with Crippen molar-refractivity contribution in [3.8, 4) is 0 Å². The van der Waals surface area contributed by atoms with Gasteiger partial charge in [-0.1, -0.05) is 20.3 Å². The van der Waals surface area contributed by atoms with Crippen LogP contribution in [0.1, 0.15) is 57.6 Å². The first kappa shape index (κ1) is 17.2. The van der Waals surface area contributed by atoms with Gasteiger partial charge in [0.25, 0.3) is 0 Å². The summed E-state index contributed by atoms with van der Waals surface area (Å²) in [6.07, 6.45) is 8.20. The fourth-order valence-electron chi connectivity index (χ4n) is 3.80. The SMILES string of the molecule is CN=C(NCCCc1nnc2n1CCCCC2)N1CCC(C)(C)C1. The van der Waals surface area contributed by atoms with Crippen molar-refractivity contribution in [3.63, 3.8) is 0 Å². The molecule has 2 aliphatic rings. The zero-order chi connectivity index (χ0) is 17.0. The molecule has 0 unspecified atom stereocenters. The first-order valence-corrected chi connectivity index (χ1v) is 9.46. The Bertz CT molecular complexity index is 574. The Morgan fingerprint density at radius 2 is 2.08 bits per heavy atom. The van der Waals surface area contributed by atoms with Gasteiger partial charge in [-0.25, -0.2) is 0 Å². The normalized spacial score (nSPS) is 20.8. The molecule has 134 valence electrons. The quantitative estimate of drug-likeness (QED) is 0.522. The van der Waals surface area contributed by atoms with Gasteiger partial charge in [0.15, 0.2) is 5.96 Å². The zero-order valence-corrected chi connectivity index (χ0v) is 15.5. The highest BCUT2D eigenvalue weighted by Gasteiger charge is 2.30. The van der Waals surface area contributed by atoms with Crippen LogP contribution in [0.5, 0.6) is 0 Å². The van der Waals surface area contributed by atoms with Crippen LogP contribution in [-0.2, 0) is 19.4 Å². The molecule has 1 saturated heterocycles. The number of guanidine groups is 1. The molecule has 0 saturated carbocycles. The van der Waals surface area contributed by atoms with Gasteiger partial charge in [-0.3, -0.25) is 4.99 Å². The third-order valence-electron chi connectivity index (χ3n) is 5.24. The lowest BCUT2D eigenvalue weighted by molar-refractivity contribution is 0.370. The molecule has 0 atom stereocenters. The highest BCUT2D eigenvalue weighted by atomic mass is 15.3. The standard InChI is InChI=1S/C18H32N6/c1-18(2)10-13-23(14-18)17(19-3)20-11-7-9-16-22-21-15-8-5-4-6-12-24(15)16/h4-14H2,1-3H3,(H,19,20). The minimum absolute atomic E-state index is 0.400. The van der Waals surface area contributed by atoms with E-state index in [4.69, 9.17) is 0 Å². The molecule has 24 heavy (non-hydrogen) atoms. The van der Waals surface area contributed by atoms with Gasteiger partial charge in [0, 0.05) is 46.1 Å². The maximum Gasteiger partial charge on any atom is 0.193 e. The maximum atomic E-state index is 4.45. The van der Waals surface area contributed by atoms with E-state index < -0.39 is 0 Å². The molecule has 0 aliphatic carbocycles. The largest absolute Gasteiger partial charge is 0.356 e. The molecule has 1 fully saturated rings. The van der Waals surface area contributed by atoms with E-state index in [1.54, 1.807) is 0 Å². The van der Waals surface area contributed by atoms with Crippen LogP contribution in [0.3, 0.4) is 0 Å². The summed E-state index contributed by atoms with van der Waals surface area (Å²) in [6.45, 7) is 8.88. The molecule has 6 heteroatoms. The number of hydrogen-bond donors (Lipinski definition) is 1. The Morgan fingerprint density at radius 1 is 1.21 bits per heavy atom. The van der Waals surface area contributed by atoms with Crippen LogP contribution in [0, 0.1) is 5.41 Å². The van der Waals surface area contributed by atoms with Crippen LogP contribution >= 0.6 is 0 Å². The summed E-state index contributed by atoms with van der Waals surface area (Å²) in [4.78, 5) is 6.83. The van der Waals surface area contributed by atoms with E-state index in [0.717, 1.165) is 57.2 Å². The summed E-state index contributed by atoms with van der Waals surface area (Å²) in [5, 5.41) is 12.3. The van der Waals surface area contributed by atoms with Crippen molar-refractivity contribution < 1.29 is 0 Å². The van der Waals surface area contributed by atoms with Crippen LogP contribution in [0.4, 0.5) is 0 Å². The highest BCUT2D eigenvalue weighted by molar-refractivity contribution is 5.80. The highest BCUT2D eigenvalue weighted by Crippen LogP contribution is 2.28. The van der Waals surface area contributed by atoms with Crippen LogP contribution in [0.25, 0.3) is 0 Å². The summed E-state index contributed by atoms with van der Waals surface area (Å²) in [5.41, 5.74) is 0.400. The number of aryl methyl sites for hydroxylation is 2. The number of likely N-dealkylation sites (tertiary alicyclic amines) is 1. The van der Waals surface area contributed by atoms with Crippen LogP contribution in [0.15, 0.2) is 4.99 Å². The molecule has 0 amide bonds. The van der Waals surface area contributed by atoms with Gasteiger partial charge in [-0.15, -0.1) is 10.2 Å². The van der Waals surface area contributed by atoms with E-state index in [1.807, 2.05) is 7.05 Å². The Hall–Kier alpha value is -1.59. The fraction of sp³-hybridized carbons (Fsp3) is 0.833. The van der Waals surface area contributed by atoms with Crippen molar-refractivity contribution in [1.29, 1.82) is 0 Å². The van der Waals surface area contributed by atoms with Crippen molar-refractivity contribution >= 4 is 5.96 Å². The predicted octanol–water partition coefficient (Wildman–Crippen LogP) is 2.24. The minimum atomic E-state index is 0.400. The molecule has 0 aromatic carbocycles. The number of fused-ring (bicyclic) bond motifs is 1. The monoisotopic (exact) mass is 332 g/mol. The number of aromatic nitrogens is 3. The Kier molecular flexibility index (Phi) is 5.41. The molecule has 6 nitrogen and oxygen atoms in total. The second-order valence-electron chi connectivity index (χ2n) is 7.91. The topological polar surface area (TPSA) is 58.3 Å². The Labute approximate surface area is 145 Å². The third-order valence-corrected chi connectivity index (χ3v) is 5.24. The lowest BCUT2D eigenvalue weighted by Gasteiger charge is -2.23. The Morgan fingerprint density at radius 3 is 2.83 bits per heavy atom. The minimum Gasteiger partial charge on any atom is -0.356 e. The van der Waals surface area contributed by atoms with E-state index in [0.29, 0.717) is 5.41 Å². The Balaban J connectivity index is 1.46.